The number of halogens is 2. The summed E-state index contributed by atoms with van der Waals surface area (Å²) in [5, 5.41) is 11.5. The van der Waals surface area contributed by atoms with Gasteiger partial charge in [0, 0.05) is 24.5 Å². The Balaban J connectivity index is 2.04. The third-order valence-electron chi connectivity index (χ3n) is 4.93. The van der Waals surface area contributed by atoms with Crippen molar-refractivity contribution in [3.8, 4) is 5.75 Å². The lowest BCUT2D eigenvalue weighted by molar-refractivity contribution is -0.156. The van der Waals surface area contributed by atoms with Crippen LogP contribution in [-0.4, -0.2) is 53.0 Å². The first-order chi connectivity index (χ1) is 16.5. The number of nitrogens with zero attached hydrogens (tertiary/aromatic N) is 3. The molecule has 0 saturated heterocycles. The molecule has 0 fully saturated rings. The molecule has 186 valence electrons. The number of carbonyl (C=O) groups excluding carboxylic acids is 2. The number of anilines is 1. The normalized spacial score (nSPS) is 11.4. The van der Waals surface area contributed by atoms with Crippen molar-refractivity contribution in [1.82, 2.24) is 14.5 Å². The molecule has 3 aromatic rings. The summed E-state index contributed by atoms with van der Waals surface area (Å²) in [6.45, 7) is 1.89. The highest BCUT2D eigenvalue weighted by Crippen LogP contribution is 2.27. The minimum absolute atomic E-state index is 0.0556. The van der Waals surface area contributed by atoms with Crippen molar-refractivity contribution in [2.24, 2.45) is 5.41 Å². The van der Waals surface area contributed by atoms with Crippen molar-refractivity contribution in [3.05, 3.63) is 47.4 Å². The molecule has 0 radical (unpaired) electrons. The highest BCUT2D eigenvalue weighted by molar-refractivity contribution is 6.14. The molecule has 35 heavy (non-hydrogen) atoms. The molecule has 2 aromatic heterocycles. The molecule has 0 amide bonds. The number of methoxy groups -OCH3 is 1. The second kappa shape index (κ2) is 10.0. The molecule has 2 N–H and O–H groups in total. The third-order valence-corrected chi connectivity index (χ3v) is 4.93. The van der Waals surface area contributed by atoms with Gasteiger partial charge in [0.1, 0.15) is 22.5 Å². The first kappa shape index (κ1) is 25.5. The Morgan fingerprint density at radius 3 is 2.54 bits per heavy atom. The minimum atomic E-state index is -3.02. The lowest BCUT2D eigenvalue weighted by atomic mass is 9.98. The summed E-state index contributed by atoms with van der Waals surface area (Å²) < 4.78 is 41.4. The second-order valence-corrected chi connectivity index (χ2v) is 8.45. The van der Waals surface area contributed by atoms with Crippen LogP contribution in [0.3, 0.4) is 0 Å². The van der Waals surface area contributed by atoms with Crippen molar-refractivity contribution in [2.45, 2.75) is 34.1 Å². The van der Waals surface area contributed by atoms with Crippen LogP contribution in [0.4, 0.5) is 14.5 Å². The number of rotatable bonds is 8. The Labute approximate surface area is 199 Å². The smallest absolute Gasteiger partial charge is 0.387 e. The molecule has 3 rings (SSSR count). The molecule has 0 spiro atoms. The predicted molar refractivity (Wildman–Crippen MR) is 123 cm³/mol. The molecule has 0 aliphatic heterocycles. The zero-order valence-electron chi connectivity index (χ0n) is 19.8. The van der Waals surface area contributed by atoms with E-state index in [1.165, 1.54) is 42.3 Å². The van der Waals surface area contributed by atoms with E-state index in [1.807, 2.05) is 0 Å². The average Bonchev–Trinajstić information content (AvgIpc) is 3.18. The van der Waals surface area contributed by atoms with Crippen LogP contribution >= 0.6 is 0 Å². The number of alkyl halides is 2. The molecular formula is C23H25F2N5O5. The fourth-order valence-corrected chi connectivity index (χ4v) is 3.14. The summed E-state index contributed by atoms with van der Waals surface area (Å²) in [6.07, 6.45) is 2.70. The van der Waals surface area contributed by atoms with Crippen LogP contribution in [0, 0.1) is 10.8 Å². The summed E-state index contributed by atoms with van der Waals surface area (Å²) in [7, 11) is 2.82. The van der Waals surface area contributed by atoms with Gasteiger partial charge in [-0.25, -0.2) is 14.8 Å². The molecule has 0 bridgehead atoms. The van der Waals surface area contributed by atoms with Gasteiger partial charge in [0.15, 0.2) is 12.4 Å². The molecule has 0 saturated carbocycles. The fraction of sp³-hybridized carbons (Fsp3) is 0.348. The number of aromatic nitrogens is 3. The monoisotopic (exact) mass is 489 g/mol. The number of fused-ring (bicyclic) bond motifs is 1. The van der Waals surface area contributed by atoms with Crippen molar-refractivity contribution in [2.75, 3.05) is 19.5 Å². The van der Waals surface area contributed by atoms with Gasteiger partial charge in [-0.3, -0.25) is 14.8 Å². The van der Waals surface area contributed by atoms with E-state index in [-0.39, 0.29) is 46.2 Å². The van der Waals surface area contributed by atoms with Crippen LogP contribution in [-0.2, 0) is 21.0 Å². The van der Waals surface area contributed by atoms with E-state index in [0.717, 1.165) is 0 Å². The number of nitrogens with one attached hydrogen (secondary N) is 2. The summed E-state index contributed by atoms with van der Waals surface area (Å²) in [5.41, 5.74) is 0.305. The molecule has 10 nitrogen and oxygen atoms in total. The van der Waals surface area contributed by atoms with Gasteiger partial charge in [0.05, 0.1) is 24.4 Å². The molecule has 0 atom stereocenters. The van der Waals surface area contributed by atoms with Crippen molar-refractivity contribution in [1.29, 1.82) is 5.41 Å². The highest BCUT2D eigenvalue weighted by atomic mass is 19.3. The van der Waals surface area contributed by atoms with E-state index in [4.69, 9.17) is 14.9 Å². The van der Waals surface area contributed by atoms with E-state index in [9.17, 15) is 18.4 Å². The maximum atomic E-state index is 12.7. The maximum Gasteiger partial charge on any atom is 0.387 e. The zero-order chi connectivity index (χ0) is 25.9. The van der Waals surface area contributed by atoms with Gasteiger partial charge in [-0.05, 0) is 39.0 Å². The molecule has 1 aromatic carbocycles. The summed E-state index contributed by atoms with van der Waals surface area (Å²) in [6, 6.07) is 4.12. The van der Waals surface area contributed by atoms with E-state index in [2.05, 4.69) is 20.0 Å². The van der Waals surface area contributed by atoms with Gasteiger partial charge < -0.3 is 19.5 Å². The third kappa shape index (κ3) is 5.53. The van der Waals surface area contributed by atoms with Gasteiger partial charge >= 0.3 is 18.6 Å². The van der Waals surface area contributed by atoms with Crippen LogP contribution in [0.15, 0.2) is 30.6 Å². The molecule has 12 heteroatoms. The van der Waals surface area contributed by atoms with Crippen LogP contribution in [0.25, 0.3) is 11.2 Å². The summed E-state index contributed by atoms with van der Waals surface area (Å²) >= 11 is 0. The SMILES string of the molecule is CNc1ccc(OC(F)F)cc1C(=N)c1cnc2c(n1)c(C(=O)OC)cn2COC(=O)C(C)(C)C. The fourth-order valence-electron chi connectivity index (χ4n) is 3.14. The maximum absolute atomic E-state index is 12.7. The van der Waals surface area contributed by atoms with Gasteiger partial charge in [-0.1, -0.05) is 0 Å². The van der Waals surface area contributed by atoms with Crippen molar-refractivity contribution in [3.63, 3.8) is 0 Å². The van der Waals surface area contributed by atoms with Crippen molar-refractivity contribution >= 4 is 34.5 Å². The average molecular weight is 489 g/mol. The van der Waals surface area contributed by atoms with Crippen LogP contribution in [0.1, 0.15) is 42.4 Å². The van der Waals surface area contributed by atoms with Gasteiger partial charge in [0.2, 0.25) is 0 Å². The number of hydrogen-bond acceptors (Lipinski definition) is 9. The van der Waals surface area contributed by atoms with Gasteiger partial charge in [-0.15, -0.1) is 0 Å². The first-order valence-electron chi connectivity index (χ1n) is 10.4. The Morgan fingerprint density at radius 2 is 1.94 bits per heavy atom. The topological polar surface area (TPSA) is 128 Å². The zero-order valence-corrected chi connectivity index (χ0v) is 19.8. The second-order valence-electron chi connectivity index (χ2n) is 8.45. The van der Waals surface area contributed by atoms with Gasteiger partial charge in [0.25, 0.3) is 0 Å². The van der Waals surface area contributed by atoms with E-state index < -0.39 is 24.0 Å². The number of ether oxygens (including phenoxy) is 3. The number of esters is 2. The Morgan fingerprint density at radius 1 is 1.23 bits per heavy atom. The lowest BCUT2D eigenvalue weighted by Gasteiger charge is -2.17. The predicted octanol–water partition coefficient (Wildman–Crippen LogP) is 3.82. The lowest BCUT2D eigenvalue weighted by Crippen LogP contribution is -2.24. The van der Waals surface area contributed by atoms with E-state index in [1.54, 1.807) is 27.8 Å². The molecule has 0 unspecified atom stereocenters. The van der Waals surface area contributed by atoms with Gasteiger partial charge in [-0.2, -0.15) is 8.78 Å². The molecular weight excluding hydrogens is 464 g/mol. The molecule has 0 aliphatic rings. The largest absolute Gasteiger partial charge is 0.465 e. The summed E-state index contributed by atoms with van der Waals surface area (Å²) in [5.74, 6) is -1.28. The number of hydrogen-bond donors (Lipinski definition) is 2. The number of carbonyl (C=O) groups is 2. The van der Waals surface area contributed by atoms with E-state index >= 15 is 0 Å². The summed E-state index contributed by atoms with van der Waals surface area (Å²) in [4.78, 5) is 33.3. The first-order valence-corrected chi connectivity index (χ1v) is 10.4. The van der Waals surface area contributed by atoms with Crippen LogP contribution in [0.2, 0.25) is 0 Å². The highest BCUT2D eigenvalue weighted by Gasteiger charge is 2.25. The van der Waals surface area contributed by atoms with Crippen LogP contribution in [0.5, 0.6) is 5.75 Å². The Hall–Kier alpha value is -4.09. The Bertz CT molecular complexity index is 1280. The van der Waals surface area contributed by atoms with Crippen molar-refractivity contribution < 1.29 is 32.6 Å². The Kier molecular flexibility index (Phi) is 7.32. The van der Waals surface area contributed by atoms with E-state index in [0.29, 0.717) is 5.69 Å². The minimum Gasteiger partial charge on any atom is -0.465 e. The quantitative estimate of drug-likeness (QED) is 0.361. The standard InChI is InChI=1S/C23H25F2N5O5/c1-23(2,3)21(32)34-11-30-10-14(20(31)33-5)18-19(30)28-9-16(29-18)17(26)13-8-12(35-22(24)25)6-7-15(13)27-4/h6-10,22,26-27H,11H2,1-5H3. The van der Waals surface area contributed by atoms with Crippen LogP contribution < -0.4 is 10.1 Å². The number of benzene rings is 1. The molecule has 2 heterocycles. The molecule has 0 aliphatic carbocycles.